The van der Waals surface area contributed by atoms with Crippen molar-refractivity contribution in [2.45, 2.75) is 38.0 Å². The maximum absolute atomic E-state index is 12.2. The fourth-order valence-electron chi connectivity index (χ4n) is 3.46. The van der Waals surface area contributed by atoms with Crippen LogP contribution >= 0.6 is 0 Å². The number of hydrogen-bond donors (Lipinski definition) is 1. The van der Waals surface area contributed by atoms with Crippen molar-refractivity contribution in [1.29, 1.82) is 0 Å². The van der Waals surface area contributed by atoms with Crippen molar-refractivity contribution in [2.24, 2.45) is 0 Å². The van der Waals surface area contributed by atoms with Gasteiger partial charge in [-0.3, -0.25) is 10.1 Å². The van der Waals surface area contributed by atoms with E-state index in [0.29, 0.717) is 32.4 Å². The summed E-state index contributed by atoms with van der Waals surface area (Å²) in [4.78, 5) is 39.5. The van der Waals surface area contributed by atoms with Gasteiger partial charge < -0.3 is 14.5 Å². The van der Waals surface area contributed by atoms with Crippen LogP contribution in [-0.4, -0.2) is 53.0 Å². The number of benzene rings is 1. The molecule has 2 heterocycles. The van der Waals surface area contributed by atoms with Crippen molar-refractivity contribution >= 4 is 18.0 Å². The van der Waals surface area contributed by atoms with Crippen LogP contribution in [0.3, 0.4) is 0 Å². The van der Waals surface area contributed by atoms with Crippen LogP contribution in [0.2, 0.25) is 0 Å². The molecule has 1 unspecified atom stereocenters. The Bertz CT molecular complexity index is 683. The molecule has 0 aromatic heterocycles. The molecule has 1 aromatic carbocycles. The van der Waals surface area contributed by atoms with Crippen LogP contribution in [0.1, 0.15) is 24.8 Å². The predicted octanol–water partition coefficient (Wildman–Crippen LogP) is 2.28. The first kappa shape index (κ1) is 18.0. The van der Waals surface area contributed by atoms with Gasteiger partial charge in [-0.25, -0.2) is 9.59 Å². The summed E-state index contributed by atoms with van der Waals surface area (Å²) < 4.78 is 5.35. The van der Waals surface area contributed by atoms with E-state index in [-0.39, 0.29) is 30.7 Å². The van der Waals surface area contributed by atoms with Gasteiger partial charge in [0.1, 0.15) is 12.6 Å². The van der Waals surface area contributed by atoms with E-state index >= 15 is 0 Å². The molecule has 1 atom stereocenters. The van der Waals surface area contributed by atoms with E-state index < -0.39 is 6.04 Å². The topological polar surface area (TPSA) is 79.0 Å². The largest absolute Gasteiger partial charge is 0.445 e. The number of rotatable bonds is 5. The van der Waals surface area contributed by atoms with Crippen molar-refractivity contribution in [3.8, 4) is 0 Å². The Kier molecular flexibility index (Phi) is 5.55. The van der Waals surface area contributed by atoms with Gasteiger partial charge in [-0.1, -0.05) is 36.4 Å². The standard InChI is InChI=1S/C19H23N3O4/c1-2-6-16-17(23)20-18(24)22(16)15-9-11-21(12-10-15)19(25)26-13-14-7-4-3-5-8-14/h2-5,7-8,15-16H,1,6,9-13H2,(H,20,23,24). The van der Waals surface area contributed by atoms with E-state index in [9.17, 15) is 14.4 Å². The Morgan fingerprint density at radius 1 is 1.23 bits per heavy atom. The molecule has 26 heavy (non-hydrogen) atoms. The number of amides is 4. The van der Waals surface area contributed by atoms with Gasteiger partial charge in [-0.05, 0) is 24.8 Å². The first-order valence-electron chi connectivity index (χ1n) is 8.80. The molecule has 1 aromatic rings. The lowest BCUT2D eigenvalue weighted by molar-refractivity contribution is -0.121. The Balaban J connectivity index is 1.52. The zero-order chi connectivity index (χ0) is 18.5. The van der Waals surface area contributed by atoms with Crippen molar-refractivity contribution < 1.29 is 19.1 Å². The Morgan fingerprint density at radius 3 is 2.58 bits per heavy atom. The van der Waals surface area contributed by atoms with Crippen LogP contribution in [-0.2, 0) is 16.1 Å². The van der Waals surface area contributed by atoms with E-state index in [0.717, 1.165) is 5.56 Å². The number of carbonyl (C=O) groups is 3. The van der Waals surface area contributed by atoms with E-state index in [4.69, 9.17) is 4.74 Å². The predicted molar refractivity (Wildman–Crippen MR) is 95.2 cm³/mol. The fraction of sp³-hybridized carbons (Fsp3) is 0.421. The molecule has 7 nitrogen and oxygen atoms in total. The average Bonchev–Trinajstić information content (AvgIpc) is 2.94. The first-order chi connectivity index (χ1) is 12.6. The molecule has 138 valence electrons. The average molecular weight is 357 g/mol. The molecule has 3 rings (SSSR count). The van der Waals surface area contributed by atoms with Crippen molar-refractivity contribution in [3.63, 3.8) is 0 Å². The number of nitrogens with one attached hydrogen (secondary N) is 1. The molecule has 0 spiro atoms. The maximum atomic E-state index is 12.2. The number of piperidine rings is 1. The number of urea groups is 1. The van der Waals surface area contributed by atoms with Crippen LogP contribution in [0.4, 0.5) is 9.59 Å². The zero-order valence-corrected chi connectivity index (χ0v) is 14.6. The van der Waals surface area contributed by atoms with Crippen LogP contribution in [0, 0.1) is 0 Å². The number of nitrogens with zero attached hydrogens (tertiary/aromatic N) is 2. The van der Waals surface area contributed by atoms with E-state index in [1.807, 2.05) is 30.3 Å². The summed E-state index contributed by atoms with van der Waals surface area (Å²) in [5, 5.41) is 2.37. The molecular weight excluding hydrogens is 334 g/mol. The summed E-state index contributed by atoms with van der Waals surface area (Å²) in [7, 11) is 0. The molecule has 2 saturated heterocycles. The molecule has 0 aliphatic carbocycles. The maximum Gasteiger partial charge on any atom is 0.410 e. The van der Waals surface area contributed by atoms with E-state index in [2.05, 4.69) is 11.9 Å². The molecular formula is C19H23N3O4. The molecule has 2 fully saturated rings. The van der Waals surface area contributed by atoms with Crippen molar-refractivity contribution in [2.75, 3.05) is 13.1 Å². The van der Waals surface area contributed by atoms with Crippen molar-refractivity contribution in [3.05, 3.63) is 48.6 Å². The lowest BCUT2D eigenvalue weighted by atomic mass is 10.0. The van der Waals surface area contributed by atoms with Gasteiger partial charge in [-0.2, -0.15) is 0 Å². The van der Waals surface area contributed by atoms with Crippen LogP contribution in [0.25, 0.3) is 0 Å². The summed E-state index contributed by atoms with van der Waals surface area (Å²) in [5.74, 6) is -0.278. The van der Waals surface area contributed by atoms with E-state index in [1.165, 1.54) is 0 Å². The minimum Gasteiger partial charge on any atom is -0.445 e. The second kappa shape index (κ2) is 8.03. The van der Waals surface area contributed by atoms with Gasteiger partial charge in [0.25, 0.3) is 5.91 Å². The minimum absolute atomic E-state index is 0.0652. The number of hydrogen-bond acceptors (Lipinski definition) is 4. The van der Waals surface area contributed by atoms with Gasteiger partial charge in [0.05, 0.1) is 0 Å². The Hall–Kier alpha value is -2.83. The van der Waals surface area contributed by atoms with Crippen LogP contribution in [0.5, 0.6) is 0 Å². The number of ether oxygens (including phenoxy) is 1. The number of imide groups is 1. The minimum atomic E-state index is -0.499. The summed E-state index contributed by atoms with van der Waals surface area (Å²) in [6.45, 7) is 4.89. The third-order valence-corrected chi connectivity index (χ3v) is 4.81. The molecule has 7 heteroatoms. The lowest BCUT2D eigenvalue weighted by Gasteiger charge is -2.37. The van der Waals surface area contributed by atoms with Gasteiger partial charge in [0.15, 0.2) is 0 Å². The number of carbonyl (C=O) groups excluding carboxylic acids is 3. The highest BCUT2D eigenvalue weighted by Crippen LogP contribution is 2.24. The highest BCUT2D eigenvalue weighted by Gasteiger charge is 2.42. The van der Waals surface area contributed by atoms with E-state index in [1.54, 1.807) is 15.9 Å². The highest BCUT2D eigenvalue weighted by atomic mass is 16.6. The second-order valence-electron chi connectivity index (χ2n) is 6.50. The van der Waals surface area contributed by atoms with Gasteiger partial charge in [0.2, 0.25) is 0 Å². The smallest absolute Gasteiger partial charge is 0.410 e. The third-order valence-electron chi connectivity index (χ3n) is 4.81. The molecule has 1 N–H and O–H groups in total. The number of likely N-dealkylation sites (tertiary alicyclic amines) is 1. The van der Waals surface area contributed by atoms with Gasteiger partial charge in [0, 0.05) is 19.1 Å². The van der Waals surface area contributed by atoms with Crippen LogP contribution in [0.15, 0.2) is 43.0 Å². The third kappa shape index (κ3) is 3.87. The molecule has 2 aliphatic rings. The summed E-state index contributed by atoms with van der Waals surface area (Å²) in [5.41, 5.74) is 0.940. The first-order valence-corrected chi connectivity index (χ1v) is 8.80. The molecule has 2 aliphatic heterocycles. The van der Waals surface area contributed by atoms with Gasteiger partial charge >= 0.3 is 12.1 Å². The highest BCUT2D eigenvalue weighted by molar-refractivity contribution is 6.04. The molecule has 0 radical (unpaired) electrons. The summed E-state index contributed by atoms with van der Waals surface area (Å²) in [6.07, 6.45) is 2.96. The normalized spacial score (nSPS) is 20.8. The molecule has 4 amide bonds. The quantitative estimate of drug-likeness (QED) is 0.648. The monoisotopic (exact) mass is 357 g/mol. The van der Waals surface area contributed by atoms with Gasteiger partial charge in [-0.15, -0.1) is 6.58 Å². The zero-order valence-electron chi connectivity index (χ0n) is 14.6. The molecule has 0 bridgehead atoms. The summed E-state index contributed by atoms with van der Waals surface area (Å²) in [6, 6.07) is 8.60. The summed E-state index contributed by atoms with van der Waals surface area (Å²) >= 11 is 0. The van der Waals surface area contributed by atoms with Crippen LogP contribution < -0.4 is 5.32 Å². The Labute approximate surface area is 152 Å². The lowest BCUT2D eigenvalue weighted by Crippen LogP contribution is -2.50. The SMILES string of the molecule is C=CCC1C(=O)NC(=O)N1C1CCN(C(=O)OCc2ccccc2)CC1. The van der Waals surface area contributed by atoms with Crippen molar-refractivity contribution in [1.82, 2.24) is 15.1 Å². The fourth-order valence-corrected chi connectivity index (χ4v) is 3.46. The molecule has 0 saturated carbocycles. The second-order valence-corrected chi connectivity index (χ2v) is 6.50. The Morgan fingerprint density at radius 2 is 1.92 bits per heavy atom.